The number of aryl methyl sites for hydroxylation is 1. The lowest BCUT2D eigenvalue weighted by Crippen LogP contribution is -2.01. The maximum Gasteiger partial charge on any atom is 0.308 e. The molecule has 0 radical (unpaired) electrons. The van der Waals surface area contributed by atoms with Gasteiger partial charge in [0.25, 0.3) is 0 Å². The molecule has 22 heavy (non-hydrogen) atoms. The number of ether oxygens (including phenoxy) is 2. The summed E-state index contributed by atoms with van der Waals surface area (Å²) in [6, 6.07) is 7.56. The van der Waals surface area contributed by atoms with E-state index in [0.29, 0.717) is 28.2 Å². The van der Waals surface area contributed by atoms with Crippen LogP contribution in [0.15, 0.2) is 36.8 Å². The third kappa shape index (κ3) is 2.28. The second-order valence-corrected chi connectivity index (χ2v) is 4.82. The summed E-state index contributed by atoms with van der Waals surface area (Å²) in [5.41, 5.74) is 2.17. The summed E-state index contributed by atoms with van der Waals surface area (Å²) in [6.07, 6.45) is 3.21. The molecule has 112 valence electrons. The van der Waals surface area contributed by atoms with Gasteiger partial charge in [-0.2, -0.15) is 0 Å². The summed E-state index contributed by atoms with van der Waals surface area (Å²) in [4.78, 5) is 20.0. The van der Waals surface area contributed by atoms with Gasteiger partial charge in [0, 0.05) is 25.7 Å². The van der Waals surface area contributed by atoms with Gasteiger partial charge in [-0.3, -0.25) is 4.79 Å². The molecule has 0 amide bonds. The number of rotatable bonds is 3. The third-order valence-electron chi connectivity index (χ3n) is 3.33. The minimum absolute atomic E-state index is 0.387. The molecule has 0 unspecified atom stereocenters. The van der Waals surface area contributed by atoms with Crippen molar-refractivity contribution in [2.75, 3.05) is 7.11 Å². The van der Waals surface area contributed by atoms with Gasteiger partial charge >= 0.3 is 5.97 Å². The van der Waals surface area contributed by atoms with E-state index in [0.717, 1.165) is 5.56 Å². The number of carbonyl (C=O) groups is 1. The SMILES string of the molecule is COc1ccccc1-c1ncnc2c1c(OC(C)=O)cn2C. The van der Waals surface area contributed by atoms with E-state index in [1.807, 2.05) is 31.3 Å². The van der Waals surface area contributed by atoms with Crippen LogP contribution in [-0.2, 0) is 11.8 Å². The summed E-state index contributed by atoms with van der Waals surface area (Å²) in [5, 5.41) is 0.685. The Morgan fingerprint density at radius 2 is 1.95 bits per heavy atom. The van der Waals surface area contributed by atoms with Crippen LogP contribution in [0.1, 0.15) is 6.92 Å². The van der Waals surface area contributed by atoms with Gasteiger partial charge in [0.1, 0.15) is 17.7 Å². The predicted molar refractivity (Wildman–Crippen MR) is 81.8 cm³/mol. The monoisotopic (exact) mass is 297 g/mol. The number of benzene rings is 1. The fourth-order valence-corrected chi connectivity index (χ4v) is 2.45. The Balaban J connectivity index is 2.32. The van der Waals surface area contributed by atoms with E-state index in [9.17, 15) is 4.79 Å². The normalized spacial score (nSPS) is 10.7. The van der Waals surface area contributed by atoms with Gasteiger partial charge in [-0.15, -0.1) is 0 Å². The number of hydrogen-bond donors (Lipinski definition) is 0. The van der Waals surface area contributed by atoms with Crippen molar-refractivity contribution in [3.05, 3.63) is 36.8 Å². The second kappa shape index (κ2) is 5.48. The van der Waals surface area contributed by atoms with Crippen LogP contribution in [0.5, 0.6) is 11.5 Å². The molecular weight excluding hydrogens is 282 g/mol. The van der Waals surface area contributed by atoms with Crippen molar-refractivity contribution in [3.63, 3.8) is 0 Å². The molecule has 0 spiro atoms. The second-order valence-electron chi connectivity index (χ2n) is 4.82. The maximum atomic E-state index is 11.3. The van der Waals surface area contributed by atoms with Crippen molar-refractivity contribution in [3.8, 4) is 22.8 Å². The average Bonchev–Trinajstić information content (AvgIpc) is 2.83. The minimum atomic E-state index is -0.387. The smallest absolute Gasteiger partial charge is 0.308 e. The Labute approximate surface area is 127 Å². The zero-order chi connectivity index (χ0) is 15.7. The molecule has 3 aromatic rings. The van der Waals surface area contributed by atoms with E-state index in [2.05, 4.69) is 9.97 Å². The van der Waals surface area contributed by atoms with Gasteiger partial charge in [0.05, 0.1) is 18.2 Å². The number of fused-ring (bicyclic) bond motifs is 1. The average molecular weight is 297 g/mol. The molecule has 0 aliphatic heterocycles. The van der Waals surface area contributed by atoms with E-state index < -0.39 is 0 Å². The highest BCUT2D eigenvalue weighted by molar-refractivity contribution is 5.98. The first-order valence-electron chi connectivity index (χ1n) is 6.73. The van der Waals surface area contributed by atoms with Gasteiger partial charge in [-0.05, 0) is 12.1 Å². The predicted octanol–water partition coefficient (Wildman–Crippen LogP) is 2.57. The Hall–Kier alpha value is -2.89. The molecule has 2 heterocycles. The van der Waals surface area contributed by atoms with Crippen LogP contribution in [0.3, 0.4) is 0 Å². The van der Waals surface area contributed by atoms with Crippen molar-refractivity contribution in [2.45, 2.75) is 6.92 Å². The standard InChI is InChI=1S/C16H15N3O3/c1-10(20)22-13-8-19(2)16-14(13)15(17-9-18-16)11-6-4-5-7-12(11)21-3/h4-9H,1-3H3. The fourth-order valence-electron chi connectivity index (χ4n) is 2.45. The number of nitrogens with zero attached hydrogens (tertiary/aromatic N) is 3. The number of methoxy groups -OCH3 is 1. The summed E-state index contributed by atoms with van der Waals surface area (Å²) in [5.74, 6) is 0.744. The van der Waals surface area contributed by atoms with Crippen LogP contribution in [0.4, 0.5) is 0 Å². The van der Waals surface area contributed by atoms with Crippen LogP contribution in [-0.4, -0.2) is 27.6 Å². The molecule has 0 fully saturated rings. The quantitative estimate of drug-likeness (QED) is 0.695. The zero-order valence-electron chi connectivity index (χ0n) is 12.5. The van der Waals surface area contributed by atoms with Crippen LogP contribution < -0.4 is 9.47 Å². The largest absolute Gasteiger partial charge is 0.496 e. The summed E-state index contributed by atoms with van der Waals surface area (Å²) < 4.78 is 12.5. The van der Waals surface area contributed by atoms with Crippen molar-refractivity contribution in [1.82, 2.24) is 14.5 Å². The van der Waals surface area contributed by atoms with Gasteiger partial charge in [0.2, 0.25) is 0 Å². The lowest BCUT2D eigenvalue weighted by Gasteiger charge is -2.09. The molecule has 0 bridgehead atoms. The van der Waals surface area contributed by atoms with Gasteiger partial charge in [-0.1, -0.05) is 12.1 Å². The molecule has 6 heteroatoms. The molecule has 1 aromatic carbocycles. The van der Waals surface area contributed by atoms with E-state index in [1.165, 1.54) is 13.3 Å². The van der Waals surface area contributed by atoms with Crippen LogP contribution in [0, 0.1) is 0 Å². The Morgan fingerprint density at radius 3 is 2.68 bits per heavy atom. The van der Waals surface area contributed by atoms with Gasteiger partial charge in [0.15, 0.2) is 5.75 Å². The van der Waals surface area contributed by atoms with E-state index in [4.69, 9.17) is 9.47 Å². The molecular formula is C16H15N3O3. The molecule has 0 aliphatic carbocycles. The number of para-hydroxylation sites is 1. The summed E-state index contributed by atoms with van der Waals surface area (Å²) in [6.45, 7) is 1.37. The lowest BCUT2D eigenvalue weighted by atomic mass is 10.1. The zero-order valence-corrected chi connectivity index (χ0v) is 12.5. The molecule has 0 aliphatic rings. The van der Waals surface area contributed by atoms with E-state index in [-0.39, 0.29) is 5.97 Å². The molecule has 2 aromatic heterocycles. The van der Waals surface area contributed by atoms with Gasteiger partial charge < -0.3 is 14.0 Å². The minimum Gasteiger partial charge on any atom is -0.496 e. The summed E-state index contributed by atoms with van der Waals surface area (Å²) in [7, 11) is 3.45. The summed E-state index contributed by atoms with van der Waals surface area (Å²) >= 11 is 0. The molecule has 0 atom stereocenters. The molecule has 0 saturated heterocycles. The molecule has 0 saturated carbocycles. The van der Waals surface area contributed by atoms with Gasteiger partial charge in [-0.25, -0.2) is 9.97 Å². The fraction of sp³-hybridized carbons (Fsp3) is 0.188. The van der Waals surface area contributed by atoms with E-state index in [1.54, 1.807) is 17.9 Å². The first-order chi connectivity index (χ1) is 10.6. The van der Waals surface area contributed by atoms with Crippen molar-refractivity contribution >= 4 is 17.0 Å². The lowest BCUT2D eigenvalue weighted by molar-refractivity contribution is -0.131. The van der Waals surface area contributed by atoms with Crippen molar-refractivity contribution in [1.29, 1.82) is 0 Å². The first kappa shape index (κ1) is 14.1. The van der Waals surface area contributed by atoms with Crippen LogP contribution in [0.2, 0.25) is 0 Å². The van der Waals surface area contributed by atoms with Crippen molar-refractivity contribution < 1.29 is 14.3 Å². The van der Waals surface area contributed by atoms with Crippen LogP contribution in [0.25, 0.3) is 22.3 Å². The highest BCUT2D eigenvalue weighted by Gasteiger charge is 2.19. The number of esters is 1. The topological polar surface area (TPSA) is 66.2 Å². The number of hydrogen-bond acceptors (Lipinski definition) is 5. The third-order valence-corrected chi connectivity index (χ3v) is 3.33. The molecule has 0 N–H and O–H groups in total. The van der Waals surface area contributed by atoms with E-state index >= 15 is 0 Å². The highest BCUT2D eigenvalue weighted by atomic mass is 16.5. The Bertz CT molecular complexity index is 855. The molecule has 6 nitrogen and oxygen atoms in total. The van der Waals surface area contributed by atoms with Crippen LogP contribution >= 0.6 is 0 Å². The first-order valence-corrected chi connectivity index (χ1v) is 6.73. The Morgan fingerprint density at radius 1 is 1.18 bits per heavy atom. The number of carbonyl (C=O) groups excluding carboxylic acids is 1. The maximum absolute atomic E-state index is 11.3. The molecule has 3 rings (SSSR count). The van der Waals surface area contributed by atoms with Crippen molar-refractivity contribution in [2.24, 2.45) is 7.05 Å². The highest BCUT2D eigenvalue weighted by Crippen LogP contribution is 2.37. The number of aromatic nitrogens is 3. The Kier molecular flexibility index (Phi) is 3.50.